The molecule has 1 saturated heterocycles. The van der Waals surface area contributed by atoms with Crippen LogP contribution in [0.1, 0.15) is 11.1 Å². The van der Waals surface area contributed by atoms with Crippen LogP contribution in [0.4, 0.5) is 5.69 Å². The number of nitrogens with two attached hydrogens (primary N) is 1. The van der Waals surface area contributed by atoms with Crippen molar-refractivity contribution in [3.05, 3.63) is 65.7 Å². The lowest BCUT2D eigenvalue weighted by atomic mass is 10.1. The molecule has 2 aromatic rings. The van der Waals surface area contributed by atoms with Crippen molar-refractivity contribution < 1.29 is 4.79 Å². The van der Waals surface area contributed by atoms with Crippen molar-refractivity contribution in [3.8, 4) is 0 Å². The van der Waals surface area contributed by atoms with Gasteiger partial charge in [-0.1, -0.05) is 42.5 Å². The molecule has 3 rings (SSSR count). The van der Waals surface area contributed by atoms with Gasteiger partial charge in [0.2, 0.25) is 5.91 Å². The van der Waals surface area contributed by atoms with Crippen LogP contribution in [0, 0.1) is 0 Å². The van der Waals surface area contributed by atoms with E-state index < -0.39 is 0 Å². The smallest absolute Gasteiger partial charge is 0.227 e. The van der Waals surface area contributed by atoms with Crippen molar-refractivity contribution in [3.63, 3.8) is 0 Å². The number of rotatable bonds is 7. The fourth-order valence-electron chi connectivity index (χ4n) is 3.43. The van der Waals surface area contributed by atoms with Gasteiger partial charge in [-0.05, 0) is 30.3 Å². The Balaban J connectivity index is 0.00000210. The van der Waals surface area contributed by atoms with Crippen molar-refractivity contribution in [2.45, 2.75) is 13.0 Å². The van der Waals surface area contributed by atoms with Crippen molar-refractivity contribution in [2.75, 3.05) is 52.0 Å². The van der Waals surface area contributed by atoms with E-state index in [1.54, 1.807) is 0 Å². The Kier molecular flexibility index (Phi) is 11.1. The topological polar surface area (TPSA) is 52.8 Å². The number of hydrogen-bond donors (Lipinski definition) is 1. The molecule has 1 aliphatic heterocycles. The largest absolute Gasteiger partial charge is 0.399 e. The summed E-state index contributed by atoms with van der Waals surface area (Å²) in [6.45, 7) is 6.59. The fourth-order valence-corrected chi connectivity index (χ4v) is 3.43. The van der Waals surface area contributed by atoms with E-state index in [-0.39, 0.29) is 30.7 Å². The second-order valence-electron chi connectivity index (χ2n) is 7.36. The maximum absolute atomic E-state index is 12.5. The van der Waals surface area contributed by atoms with Crippen LogP contribution in [-0.2, 0) is 17.8 Å². The van der Waals surface area contributed by atoms with Crippen LogP contribution in [0.15, 0.2) is 54.6 Å². The summed E-state index contributed by atoms with van der Waals surface area (Å²) in [6, 6.07) is 18.1. The normalized spacial score (nSPS) is 14.2. The molecule has 7 heteroatoms. The van der Waals surface area contributed by atoms with E-state index in [0.717, 1.165) is 57.1 Å². The summed E-state index contributed by atoms with van der Waals surface area (Å²) in [5, 5.41) is 0. The zero-order valence-corrected chi connectivity index (χ0v) is 18.6. The number of nitrogen functional groups attached to an aromatic ring is 1. The third-order valence-corrected chi connectivity index (χ3v) is 5.15. The van der Waals surface area contributed by atoms with Crippen molar-refractivity contribution >= 4 is 36.4 Å². The molecule has 0 spiro atoms. The van der Waals surface area contributed by atoms with Gasteiger partial charge in [-0.25, -0.2) is 0 Å². The van der Waals surface area contributed by atoms with Gasteiger partial charge in [-0.3, -0.25) is 9.69 Å². The molecule has 0 aromatic heterocycles. The predicted molar refractivity (Wildman–Crippen MR) is 125 cm³/mol. The van der Waals surface area contributed by atoms with E-state index in [0.29, 0.717) is 6.42 Å². The molecule has 0 unspecified atom stereocenters. The highest BCUT2D eigenvalue weighted by atomic mass is 35.5. The average molecular weight is 439 g/mol. The first-order valence-corrected chi connectivity index (χ1v) is 9.67. The first kappa shape index (κ1) is 25.2. The minimum atomic E-state index is 0. The number of amides is 1. The Morgan fingerprint density at radius 2 is 1.55 bits per heavy atom. The predicted octanol–water partition coefficient (Wildman–Crippen LogP) is 2.93. The Morgan fingerprint density at radius 3 is 2.17 bits per heavy atom. The Bertz CT molecular complexity index is 719. The van der Waals surface area contributed by atoms with E-state index in [2.05, 4.69) is 47.2 Å². The summed E-state index contributed by atoms with van der Waals surface area (Å²) < 4.78 is 0. The molecule has 29 heavy (non-hydrogen) atoms. The number of anilines is 1. The second-order valence-corrected chi connectivity index (χ2v) is 7.36. The van der Waals surface area contributed by atoms with Crippen LogP contribution in [0.3, 0.4) is 0 Å². The molecular weight excluding hydrogens is 407 g/mol. The third kappa shape index (κ3) is 8.23. The Morgan fingerprint density at radius 1 is 0.931 bits per heavy atom. The van der Waals surface area contributed by atoms with Crippen molar-refractivity contribution in [2.24, 2.45) is 0 Å². The summed E-state index contributed by atoms with van der Waals surface area (Å²) in [7, 11) is 2.17. The second kappa shape index (κ2) is 12.7. The number of carbonyl (C=O) groups is 1. The zero-order valence-electron chi connectivity index (χ0n) is 17.0. The molecular formula is C22H32Cl2N4O. The highest BCUT2D eigenvalue weighted by molar-refractivity contribution is 5.85. The van der Waals surface area contributed by atoms with Gasteiger partial charge in [-0.15, -0.1) is 24.8 Å². The molecule has 1 fully saturated rings. The molecule has 1 aliphatic rings. The first-order valence-electron chi connectivity index (χ1n) is 9.67. The number of halogens is 2. The summed E-state index contributed by atoms with van der Waals surface area (Å²) in [5.74, 6) is 0.209. The zero-order chi connectivity index (χ0) is 19.1. The maximum Gasteiger partial charge on any atom is 0.227 e. The Hall–Kier alpha value is -1.79. The quantitative estimate of drug-likeness (QED) is 0.675. The number of piperazine rings is 1. The lowest BCUT2D eigenvalue weighted by Gasteiger charge is -2.35. The molecule has 0 atom stereocenters. The van der Waals surface area contributed by atoms with E-state index >= 15 is 0 Å². The number of nitrogens with zero attached hydrogens (tertiary/aromatic N) is 3. The van der Waals surface area contributed by atoms with Crippen LogP contribution < -0.4 is 5.73 Å². The molecule has 160 valence electrons. The monoisotopic (exact) mass is 438 g/mol. The number of likely N-dealkylation sites (N-methyl/N-ethyl adjacent to an activating group) is 1. The van der Waals surface area contributed by atoms with Gasteiger partial charge in [0.05, 0.1) is 6.42 Å². The summed E-state index contributed by atoms with van der Waals surface area (Å²) in [5.41, 5.74) is 8.81. The van der Waals surface area contributed by atoms with Crippen LogP contribution in [-0.4, -0.2) is 66.9 Å². The molecule has 1 heterocycles. The van der Waals surface area contributed by atoms with Gasteiger partial charge in [0, 0.05) is 51.5 Å². The van der Waals surface area contributed by atoms with Gasteiger partial charge in [0.15, 0.2) is 0 Å². The number of carbonyl (C=O) groups excluding carboxylic acids is 1. The van der Waals surface area contributed by atoms with E-state index in [1.807, 2.05) is 29.2 Å². The van der Waals surface area contributed by atoms with E-state index in [1.165, 1.54) is 5.56 Å². The highest BCUT2D eigenvalue weighted by Crippen LogP contribution is 2.10. The lowest BCUT2D eigenvalue weighted by Crippen LogP contribution is -2.50. The number of hydrogen-bond acceptors (Lipinski definition) is 4. The van der Waals surface area contributed by atoms with Crippen molar-refractivity contribution in [1.82, 2.24) is 14.7 Å². The molecule has 0 saturated carbocycles. The lowest BCUT2D eigenvalue weighted by molar-refractivity contribution is -0.132. The molecule has 0 radical (unpaired) electrons. The number of benzene rings is 2. The van der Waals surface area contributed by atoms with Gasteiger partial charge < -0.3 is 15.5 Å². The van der Waals surface area contributed by atoms with E-state index in [9.17, 15) is 4.79 Å². The summed E-state index contributed by atoms with van der Waals surface area (Å²) >= 11 is 0. The summed E-state index contributed by atoms with van der Waals surface area (Å²) in [6.07, 6.45) is 0.458. The van der Waals surface area contributed by atoms with Crippen LogP contribution in [0.2, 0.25) is 0 Å². The first-order chi connectivity index (χ1) is 13.1. The van der Waals surface area contributed by atoms with Crippen LogP contribution in [0.25, 0.3) is 0 Å². The fraction of sp³-hybridized carbons (Fsp3) is 0.409. The minimum absolute atomic E-state index is 0. The molecule has 0 aliphatic carbocycles. The van der Waals surface area contributed by atoms with E-state index in [4.69, 9.17) is 5.73 Å². The standard InChI is InChI=1S/C22H30N4O.2ClH/c1-24(18-20-5-3-2-4-6-20)11-12-25-13-15-26(16-14-25)22(27)17-19-7-9-21(23)10-8-19;;/h2-10H,11-18,23H2,1H3;2*1H. The SMILES string of the molecule is CN(CCN1CCN(C(=O)Cc2ccc(N)cc2)CC1)Cc1ccccc1.Cl.Cl. The maximum atomic E-state index is 12.5. The molecule has 2 N–H and O–H groups in total. The van der Waals surface area contributed by atoms with Gasteiger partial charge in [-0.2, -0.15) is 0 Å². The third-order valence-electron chi connectivity index (χ3n) is 5.15. The van der Waals surface area contributed by atoms with Crippen LogP contribution in [0.5, 0.6) is 0 Å². The van der Waals surface area contributed by atoms with Gasteiger partial charge >= 0.3 is 0 Å². The molecule has 2 aromatic carbocycles. The minimum Gasteiger partial charge on any atom is -0.399 e. The summed E-state index contributed by atoms with van der Waals surface area (Å²) in [4.78, 5) is 19.3. The van der Waals surface area contributed by atoms with Crippen molar-refractivity contribution in [1.29, 1.82) is 0 Å². The van der Waals surface area contributed by atoms with Gasteiger partial charge in [0.1, 0.15) is 0 Å². The van der Waals surface area contributed by atoms with Crippen LogP contribution >= 0.6 is 24.8 Å². The molecule has 0 bridgehead atoms. The van der Waals surface area contributed by atoms with Gasteiger partial charge in [0.25, 0.3) is 0 Å². The molecule has 1 amide bonds. The average Bonchev–Trinajstić information content (AvgIpc) is 2.69. The highest BCUT2D eigenvalue weighted by Gasteiger charge is 2.21. The molecule has 5 nitrogen and oxygen atoms in total. The Labute approximate surface area is 186 Å².